The van der Waals surface area contributed by atoms with E-state index in [9.17, 15) is 9.59 Å². The van der Waals surface area contributed by atoms with E-state index in [0.29, 0.717) is 17.1 Å². The molecule has 1 aliphatic rings. The maximum Gasteiger partial charge on any atom is 0.514 e. The second kappa shape index (κ2) is 9.48. The van der Waals surface area contributed by atoms with Gasteiger partial charge in [-0.15, -0.1) is 0 Å². The number of piperidine rings is 1. The first kappa shape index (κ1) is 21.6. The van der Waals surface area contributed by atoms with Crippen molar-refractivity contribution in [3.8, 4) is 17.2 Å². The molecule has 2 rings (SSSR count). The molecular weight excluding hydrogens is 362 g/mol. The molecule has 0 saturated carbocycles. The Bertz CT molecular complexity index is 729. The first-order valence-corrected chi connectivity index (χ1v) is 9.37. The Morgan fingerprint density at radius 3 is 2.14 bits per heavy atom. The molecule has 7 nitrogen and oxygen atoms in total. The van der Waals surface area contributed by atoms with E-state index in [-0.39, 0.29) is 11.7 Å². The van der Waals surface area contributed by atoms with E-state index in [1.807, 2.05) is 4.90 Å². The van der Waals surface area contributed by atoms with Gasteiger partial charge in [-0.25, -0.2) is 4.79 Å². The first-order valence-electron chi connectivity index (χ1n) is 9.37. The molecule has 0 spiro atoms. The van der Waals surface area contributed by atoms with Crippen molar-refractivity contribution in [1.29, 1.82) is 0 Å². The van der Waals surface area contributed by atoms with Crippen molar-refractivity contribution in [3.05, 3.63) is 23.8 Å². The largest absolute Gasteiger partial charge is 0.514 e. The molecule has 0 aliphatic carbocycles. The Morgan fingerprint density at radius 2 is 1.57 bits per heavy atom. The summed E-state index contributed by atoms with van der Waals surface area (Å²) in [6.07, 6.45) is 5.44. The fourth-order valence-corrected chi connectivity index (χ4v) is 2.84. The van der Waals surface area contributed by atoms with Gasteiger partial charge < -0.3 is 23.8 Å². The van der Waals surface area contributed by atoms with Crippen molar-refractivity contribution in [2.24, 2.45) is 0 Å². The lowest BCUT2D eigenvalue weighted by atomic mass is 10.1. The van der Waals surface area contributed by atoms with Crippen LogP contribution in [0.2, 0.25) is 0 Å². The average Bonchev–Trinajstić information content (AvgIpc) is 2.65. The second-order valence-corrected chi connectivity index (χ2v) is 7.53. The van der Waals surface area contributed by atoms with Gasteiger partial charge in [-0.1, -0.05) is 0 Å². The van der Waals surface area contributed by atoms with Crippen molar-refractivity contribution in [2.75, 3.05) is 27.3 Å². The highest BCUT2D eigenvalue weighted by Crippen LogP contribution is 2.36. The molecule has 1 saturated heterocycles. The standard InChI is InChI=1S/C21H29NO6/c1-21(2,3)28-20(24)27-16-14-18(26-5)17(25-4)13-15(16)9-10-19(23)22-11-7-6-8-12-22/h9-10,13-14H,6-8,11-12H2,1-5H3/b10-9+. The number of hydrogen-bond acceptors (Lipinski definition) is 6. The molecule has 28 heavy (non-hydrogen) atoms. The Hall–Kier alpha value is -2.70. The Labute approximate surface area is 166 Å². The summed E-state index contributed by atoms with van der Waals surface area (Å²) in [5.41, 5.74) is -0.178. The summed E-state index contributed by atoms with van der Waals surface area (Å²) < 4.78 is 21.2. The molecule has 0 atom stereocenters. The van der Waals surface area contributed by atoms with Crippen LogP contribution in [0.5, 0.6) is 17.2 Å². The first-order chi connectivity index (χ1) is 13.2. The van der Waals surface area contributed by atoms with Crippen molar-refractivity contribution in [2.45, 2.75) is 45.6 Å². The van der Waals surface area contributed by atoms with Crippen molar-refractivity contribution in [3.63, 3.8) is 0 Å². The highest BCUT2D eigenvalue weighted by Gasteiger charge is 2.21. The molecule has 0 N–H and O–H groups in total. The predicted molar refractivity (Wildman–Crippen MR) is 106 cm³/mol. The lowest BCUT2D eigenvalue weighted by molar-refractivity contribution is -0.126. The fourth-order valence-electron chi connectivity index (χ4n) is 2.84. The topological polar surface area (TPSA) is 74.3 Å². The van der Waals surface area contributed by atoms with Gasteiger partial charge in [0, 0.05) is 30.8 Å². The van der Waals surface area contributed by atoms with Gasteiger partial charge in [0.2, 0.25) is 5.91 Å². The van der Waals surface area contributed by atoms with Crippen molar-refractivity contribution >= 4 is 18.1 Å². The number of rotatable bonds is 5. The van der Waals surface area contributed by atoms with E-state index in [0.717, 1.165) is 32.4 Å². The van der Waals surface area contributed by atoms with Gasteiger partial charge in [0.25, 0.3) is 0 Å². The van der Waals surface area contributed by atoms with Gasteiger partial charge in [-0.2, -0.15) is 0 Å². The number of likely N-dealkylation sites (tertiary alicyclic amines) is 1. The zero-order chi connectivity index (χ0) is 20.7. The third-order valence-corrected chi connectivity index (χ3v) is 4.17. The van der Waals surface area contributed by atoms with Gasteiger partial charge in [0.1, 0.15) is 11.4 Å². The maximum atomic E-state index is 12.4. The van der Waals surface area contributed by atoms with Crippen LogP contribution >= 0.6 is 0 Å². The minimum Gasteiger partial charge on any atom is -0.493 e. The number of nitrogens with zero attached hydrogens (tertiary/aromatic N) is 1. The number of carbonyl (C=O) groups is 2. The number of ether oxygens (including phenoxy) is 4. The Balaban J connectivity index is 2.27. The van der Waals surface area contributed by atoms with Crippen LogP contribution in [0.25, 0.3) is 6.08 Å². The van der Waals surface area contributed by atoms with Crippen LogP contribution in [-0.2, 0) is 9.53 Å². The Morgan fingerprint density at radius 1 is 0.964 bits per heavy atom. The molecule has 7 heteroatoms. The summed E-state index contributed by atoms with van der Waals surface area (Å²) in [7, 11) is 3.00. The van der Waals surface area contributed by atoms with Gasteiger partial charge in [0.05, 0.1) is 14.2 Å². The van der Waals surface area contributed by atoms with Crippen LogP contribution in [0.4, 0.5) is 4.79 Å². The number of hydrogen-bond donors (Lipinski definition) is 0. The minimum atomic E-state index is -0.836. The van der Waals surface area contributed by atoms with Gasteiger partial charge in [-0.3, -0.25) is 4.79 Å². The fraction of sp³-hybridized carbons (Fsp3) is 0.524. The summed E-state index contributed by atoms with van der Waals surface area (Å²) in [6.45, 7) is 6.77. The monoisotopic (exact) mass is 391 g/mol. The lowest BCUT2D eigenvalue weighted by Gasteiger charge is -2.25. The maximum absolute atomic E-state index is 12.4. The van der Waals surface area contributed by atoms with E-state index in [1.54, 1.807) is 32.9 Å². The summed E-state index contributed by atoms with van der Waals surface area (Å²) in [6, 6.07) is 3.19. The van der Waals surface area contributed by atoms with Crippen molar-refractivity contribution in [1.82, 2.24) is 4.90 Å². The van der Waals surface area contributed by atoms with Crippen LogP contribution in [0.3, 0.4) is 0 Å². The summed E-state index contributed by atoms with van der Waals surface area (Å²) in [5.74, 6) is 1.01. The molecule has 1 aromatic carbocycles. The molecule has 1 heterocycles. The lowest BCUT2D eigenvalue weighted by Crippen LogP contribution is -2.34. The highest BCUT2D eigenvalue weighted by molar-refractivity contribution is 5.92. The quantitative estimate of drug-likeness (QED) is 0.428. The number of carbonyl (C=O) groups excluding carboxylic acids is 2. The molecule has 0 bridgehead atoms. The zero-order valence-electron chi connectivity index (χ0n) is 17.2. The normalized spacial score (nSPS) is 14.7. The van der Waals surface area contributed by atoms with Crippen molar-refractivity contribution < 1.29 is 28.5 Å². The highest BCUT2D eigenvalue weighted by atomic mass is 16.7. The Kier molecular flexibility index (Phi) is 7.31. The van der Waals surface area contributed by atoms with E-state index < -0.39 is 11.8 Å². The molecule has 1 fully saturated rings. The number of methoxy groups -OCH3 is 2. The van der Waals surface area contributed by atoms with Gasteiger partial charge in [0.15, 0.2) is 11.5 Å². The summed E-state index contributed by atoms with van der Waals surface area (Å²) >= 11 is 0. The minimum absolute atomic E-state index is 0.0716. The van der Waals surface area contributed by atoms with Gasteiger partial charge in [-0.05, 0) is 52.2 Å². The molecule has 0 unspecified atom stereocenters. The van der Waals surface area contributed by atoms with Gasteiger partial charge >= 0.3 is 6.16 Å². The van der Waals surface area contributed by atoms with Crippen LogP contribution in [-0.4, -0.2) is 49.9 Å². The number of amides is 1. The average molecular weight is 391 g/mol. The predicted octanol–water partition coefficient (Wildman–Crippen LogP) is 4.04. The SMILES string of the molecule is COc1cc(/C=C/C(=O)N2CCCCC2)c(OC(=O)OC(C)(C)C)cc1OC. The molecule has 1 aromatic rings. The molecule has 0 radical (unpaired) electrons. The van der Waals surface area contributed by atoms with Crippen LogP contribution in [0, 0.1) is 0 Å². The third-order valence-electron chi connectivity index (χ3n) is 4.17. The summed E-state index contributed by atoms with van der Waals surface area (Å²) in [4.78, 5) is 26.3. The second-order valence-electron chi connectivity index (χ2n) is 7.53. The van der Waals surface area contributed by atoms with E-state index >= 15 is 0 Å². The summed E-state index contributed by atoms with van der Waals surface area (Å²) in [5, 5.41) is 0. The van der Waals surface area contributed by atoms with Crippen LogP contribution in [0.1, 0.15) is 45.6 Å². The third kappa shape index (κ3) is 6.18. The zero-order valence-corrected chi connectivity index (χ0v) is 17.2. The van der Waals surface area contributed by atoms with E-state index in [4.69, 9.17) is 18.9 Å². The number of benzene rings is 1. The molecule has 154 valence electrons. The molecule has 0 aromatic heterocycles. The smallest absolute Gasteiger partial charge is 0.493 e. The molecule has 1 amide bonds. The van der Waals surface area contributed by atoms with Crippen LogP contribution < -0.4 is 14.2 Å². The molecule has 1 aliphatic heterocycles. The van der Waals surface area contributed by atoms with E-state index in [1.165, 1.54) is 26.4 Å². The van der Waals surface area contributed by atoms with Crippen LogP contribution in [0.15, 0.2) is 18.2 Å². The van der Waals surface area contributed by atoms with E-state index in [2.05, 4.69) is 0 Å². The molecular formula is C21H29NO6.